The molecular weight excluding hydrogens is 234 g/mol. The van der Waals surface area contributed by atoms with E-state index in [0.29, 0.717) is 6.42 Å². The maximum atomic E-state index is 10.6. The Labute approximate surface area is 107 Å². The van der Waals surface area contributed by atoms with Crippen LogP contribution in [-0.4, -0.2) is 27.4 Å². The lowest BCUT2D eigenvalue weighted by molar-refractivity contribution is -0.154. The molecule has 0 unspecified atom stereocenters. The standard InChI is InChI=1S/C7H14O2.C5H5N3O/c1-5-6(8)9-7(2,3)4;6-5(9)4-3-7-1-2-8-4/h5H2,1-4H3;1-3H,(H2,6,9). The molecule has 1 heterocycles. The van der Waals surface area contributed by atoms with Gasteiger partial charge in [-0.1, -0.05) is 6.92 Å². The molecule has 1 rings (SSSR count). The van der Waals surface area contributed by atoms with E-state index in [1.54, 1.807) is 6.92 Å². The predicted octanol–water partition coefficient (Wildman–Crippen LogP) is 1.31. The normalized spacial score (nSPS) is 10.0. The highest BCUT2D eigenvalue weighted by atomic mass is 16.6. The number of rotatable bonds is 2. The first-order chi connectivity index (χ1) is 8.26. The van der Waals surface area contributed by atoms with Crippen LogP contribution < -0.4 is 5.73 Å². The van der Waals surface area contributed by atoms with Crippen LogP contribution in [0.3, 0.4) is 0 Å². The molecule has 0 spiro atoms. The molecule has 100 valence electrons. The van der Waals surface area contributed by atoms with Gasteiger partial charge in [0.05, 0.1) is 6.20 Å². The van der Waals surface area contributed by atoms with Crippen molar-refractivity contribution in [1.29, 1.82) is 0 Å². The van der Waals surface area contributed by atoms with E-state index in [1.807, 2.05) is 20.8 Å². The molecule has 0 saturated carbocycles. The van der Waals surface area contributed by atoms with Gasteiger partial charge in [0.2, 0.25) is 0 Å². The fourth-order valence-corrected chi connectivity index (χ4v) is 0.840. The molecule has 0 aliphatic rings. The number of ether oxygens (including phenoxy) is 1. The van der Waals surface area contributed by atoms with E-state index in [-0.39, 0.29) is 17.3 Å². The number of carbonyl (C=O) groups is 2. The minimum absolute atomic E-state index is 0.137. The Morgan fingerprint density at radius 1 is 1.33 bits per heavy atom. The maximum Gasteiger partial charge on any atom is 0.306 e. The van der Waals surface area contributed by atoms with Gasteiger partial charge in [-0.15, -0.1) is 0 Å². The summed E-state index contributed by atoms with van der Waals surface area (Å²) in [5, 5.41) is 0. The van der Waals surface area contributed by atoms with Gasteiger partial charge in [0.25, 0.3) is 5.91 Å². The van der Waals surface area contributed by atoms with Crippen LogP contribution >= 0.6 is 0 Å². The number of nitrogens with two attached hydrogens (primary N) is 1. The minimum Gasteiger partial charge on any atom is -0.460 e. The molecular formula is C12H19N3O3. The van der Waals surface area contributed by atoms with E-state index in [1.165, 1.54) is 18.6 Å². The van der Waals surface area contributed by atoms with E-state index in [9.17, 15) is 9.59 Å². The lowest BCUT2D eigenvalue weighted by Crippen LogP contribution is -2.23. The summed E-state index contributed by atoms with van der Waals surface area (Å²) < 4.78 is 4.95. The molecule has 1 aromatic rings. The first-order valence-corrected chi connectivity index (χ1v) is 5.54. The molecule has 0 radical (unpaired) electrons. The van der Waals surface area contributed by atoms with Crippen molar-refractivity contribution in [3.63, 3.8) is 0 Å². The second-order valence-corrected chi connectivity index (χ2v) is 4.39. The summed E-state index contributed by atoms with van der Waals surface area (Å²) in [6, 6.07) is 0. The molecule has 0 aliphatic carbocycles. The second-order valence-electron chi connectivity index (χ2n) is 4.39. The molecule has 6 heteroatoms. The van der Waals surface area contributed by atoms with Crippen LogP contribution in [0.5, 0.6) is 0 Å². The van der Waals surface area contributed by atoms with Crippen molar-refractivity contribution < 1.29 is 14.3 Å². The fraction of sp³-hybridized carbons (Fsp3) is 0.500. The van der Waals surface area contributed by atoms with Crippen LogP contribution in [0.4, 0.5) is 0 Å². The molecule has 1 aromatic heterocycles. The van der Waals surface area contributed by atoms with Gasteiger partial charge in [-0.3, -0.25) is 14.6 Å². The van der Waals surface area contributed by atoms with E-state index in [0.717, 1.165) is 0 Å². The van der Waals surface area contributed by atoms with Gasteiger partial charge in [-0.05, 0) is 20.8 Å². The summed E-state index contributed by atoms with van der Waals surface area (Å²) in [4.78, 5) is 28.2. The lowest BCUT2D eigenvalue weighted by atomic mass is 10.2. The first kappa shape index (κ1) is 16.0. The van der Waals surface area contributed by atoms with Gasteiger partial charge < -0.3 is 10.5 Å². The van der Waals surface area contributed by atoms with Crippen LogP contribution in [0, 0.1) is 0 Å². The van der Waals surface area contributed by atoms with Crippen molar-refractivity contribution in [2.24, 2.45) is 5.73 Å². The van der Waals surface area contributed by atoms with Gasteiger partial charge in [-0.25, -0.2) is 4.98 Å². The third kappa shape index (κ3) is 8.20. The first-order valence-electron chi connectivity index (χ1n) is 5.54. The summed E-state index contributed by atoms with van der Waals surface area (Å²) in [6.45, 7) is 7.37. The highest BCUT2D eigenvalue weighted by Gasteiger charge is 2.13. The van der Waals surface area contributed by atoms with Gasteiger partial charge in [-0.2, -0.15) is 0 Å². The van der Waals surface area contributed by atoms with Crippen LogP contribution in [-0.2, 0) is 9.53 Å². The Kier molecular flexibility index (Phi) is 6.56. The number of hydrogen-bond acceptors (Lipinski definition) is 5. The van der Waals surface area contributed by atoms with E-state index < -0.39 is 5.91 Å². The highest BCUT2D eigenvalue weighted by Crippen LogP contribution is 2.07. The SMILES string of the molecule is CCC(=O)OC(C)(C)C.NC(=O)c1cnccn1. The number of primary amides is 1. The summed E-state index contributed by atoms with van der Waals surface area (Å²) >= 11 is 0. The average Bonchev–Trinajstić information content (AvgIpc) is 2.28. The van der Waals surface area contributed by atoms with Crippen LogP contribution in [0.2, 0.25) is 0 Å². The topological polar surface area (TPSA) is 95.2 Å². The largest absolute Gasteiger partial charge is 0.460 e. The van der Waals surface area contributed by atoms with Crippen molar-refractivity contribution in [3.8, 4) is 0 Å². The maximum absolute atomic E-state index is 10.6. The average molecular weight is 253 g/mol. The zero-order valence-electron chi connectivity index (χ0n) is 11.1. The van der Waals surface area contributed by atoms with Crippen LogP contribution in [0.15, 0.2) is 18.6 Å². The smallest absolute Gasteiger partial charge is 0.306 e. The van der Waals surface area contributed by atoms with Gasteiger partial charge in [0.15, 0.2) is 0 Å². The van der Waals surface area contributed by atoms with Gasteiger partial charge in [0, 0.05) is 18.8 Å². The Balaban J connectivity index is 0.000000321. The minimum atomic E-state index is -0.553. The molecule has 0 aliphatic heterocycles. The number of aromatic nitrogens is 2. The summed E-state index contributed by atoms with van der Waals surface area (Å²) in [7, 11) is 0. The second kappa shape index (κ2) is 7.37. The predicted molar refractivity (Wildman–Crippen MR) is 66.7 cm³/mol. The van der Waals surface area contributed by atoms with E-state index in [2.05, 4.69) is 9.97 Å². The molecule has 0 aromatic carbocycles. The van der Waals surface area contributed by atoms with Gasteiger partial charge >= 0.3 is 5.97 Å². The zero-order valence-corrected chi connectivity index (χ0v) is 11.1. The molecule has 1 amide bonds. The van der Waals surface area contributed by atoms with E-state index in [4.69, 9.17) is 10.5 Å². The Morgan fingerprint density at radius 2 is 1.94 bits per heavy atom. The third-order valence-corrected chi connectivity index (χ3v) is 1.52. The number of amides is 1. The molecule has 0 saturated heterocycles. The molecule has 2 N–H and O–H groups in total. The summed E-state index contributed by atoms with van der Waals surface area (Å²) in [6.07, 6.45) is 4.67. The van der Waals surface area contributed by atoms with Crippen molar-refractivity contribution in [2.45, 2.75) is 39.7 Å². The van der Waals surface area contributed by atoms with Gasteiger partial charge in [0.1, 0.15) is 11.3 Å². The Hall–Kier alpha value is -1.98. The number of carbonyl (C=O) groups excluding carboxylic acids is 2. The van der Waals surface area contributed by atoms with Crippen molar-refractivity contribution >= 4 is 11.9 Å². The molecule has 0 bridgehead atoms. The molecule has 6 nitrogen and oxygen atoms in total. The monoisotopic (exact) mass is 253 g/mol. The van der Waals surface area contributed by atoms with Crippen molar-refractivity contribution in [3.05, 3.63) is 24.3 Å². The highest BCUT2D eigenvalue weighted by molar-refractivity contribution is 5.90. The molecule has 0 fully saturated rings. The number of hydrogen-bond donors (Lipinski definition) is 1. The lowest BCUT2D eigenvalue weighted by Gasteiger charge is -2.18. The Bertz CT molecular complexity index is 385. The zero-order chi connectivity index (χ0) is 14.2. The quantitative estimate of drug-likeness (QED) is 0.802. The molecule has 18 heavy (non-hydrogen) atoms. The van der Waals surface area contributed by atoms with Crippen molar-refractivity contribution in [2.75, 3.05) is 0 Å². The fourth-order valence-electron chi connectivity index (χ4n) is 0.840. The summed E-state index contributed by atoms with van der Waals surface area (Å²) in [5.41, 5.74) is 4.74. The van der Waals surface area contributed by atoms with Crippen LogP contribution in [0.1, 0.15) is 44.6 Å². The van der Waals surface area contributed by atoms with Crippen LogP contribution in [0.25, 0.3) is 0 Å². The molecule has 0 atom stereocenters. The number of esters is 1. The van der Waals surface area contributed by atoms with Crippen molar-refractivity contribution in [1.82, 2.24) is 9.97 Å². The van der Waals surface area contributed by atoms with E-state index >= 15 is 0 Å². The third-order valence-electron chi connectivity index (χ3n) is 1.52. The Morgan fingerprint density at radius 3 is 2.17 bits per heavy atom. The summed E-state index contributed by atoms with van der Waals surface area (Å²) in [5.74, 6) is -0.689. The number of nitrogens with zero attached hydrogens (tertiary/aromatic N) is 2.